The molecule has 25 heavy (non-hydrogen) atoms. The summed E-state index contributed by atoms with van der Waals surface area (Å²) in [6.07, 6.45) is 0.785. The first-order valence-electron chi connectivity index (χ1n) is 7.84. The third-order valence-electron chi connectivity index (χ3n) is 4.17. The number of imide groups is 1. The molecule has 0 bridgehead atoms. The van der Waals surface area contributed by atoms with E-state index in [1.807, 2.05) is 31.2 Å². The minimum Gasteiger partial charge on any atom is -0.349 e. The molecule has 0 radical (unpaired) electrons. The van der Waals surface area contributed by atoms with Crippen LogP contribution < -0.4 is 10.2 Å². The van der Waals surface area contributed by atoms with Crippen molar-refractivity contribution < 1.29 is 9.59 Å². The van der Waals surface area contributed by atoms with E-state index in [2.05, 4.69) is 5.32 Å². The van der Waals surface area contributed by atoms with Crippen LogP contribution in [-0.4, -0.2) is 11.8 Å². The van der Waals surface area contributed by atoms with Crippen LogP contribution in [0.15, 0.2) is 53.2 Å². The van der Waals surface area contributed by atoms with Gasteiger partial charge in [-0.25, -0.2) is 4.90 Å². The fraction of sp³-hybridized carbons (Fsp3) is 0.158. The Morgan fingerprint density at radius 3 is 2.44 bits per heavy atom. The van der Waals surface area contributed by atoms with Crippen molar-refractivity contribution in [2.75, 3.05) is 10.2 Å². The van der Waals surface area contributed by atoms with Gasteiger partial charge in [0.05, 0.1) is 5.69 Å². The molecular formula is C19H16Cl2N2O2. The minimum atomic E-state index is -0.562. The molecule has 0 saturated carbocycles. The Labute approximate surface area is 156 Å². The number of nitrogens with zero attached hydrogens (tertiary/aromatic N) is 1. The quantitative estimate of drug-likeness (QED) is 0.792. The molecule has 2 aromatic rings. The highest BCUT2D eigenvalue weighted by molar-refractivity contribution is 6.53. The van der Waals surface area contributed by atoms with Crippen LogP contribution in [0.25, 0.3) is 0 Å². The summed E-state index contributed by atoms with van der Waals surface area (Å²) in [5, 5.41) is 3.38. The average Bonchev–Trinajstić information content (AvgIpc) is 2.82. The fourth-order valence-electron chi connectivity index (χ4n) is 2.75. The summed E-state index contributed by atoms with van der Waals surface area (Å²) < 4.78 is 0. The number of carbonyl (C=O) groups is 2. The third-order valence-corrected chi connectivity index (χ3v) is 4.93. The van der Waals surface area contributed by atoms with E-state index < -0.39 is 11.8 Å². The van der Waals surface area contributed by atoms with Gasteiger partial charge in [0, 0.05) is 10.7 Å². The molecule has 3 rings (SSSR count). The minimum absolute atomic E-state index is 0.0759. The highest BCUT2D eigenvalue weighted by Gasteiger charge is 2.39. The summed E-state index contributed by atoms with van der Waals surface area (Å²) in [6, 6.07) is 12.6. The zero-order chi connectivity index (χ0) is 18.1. The number of rotatable bonds is 4. The first kappa shape index (κ1) is 17.5. The maximum atomic E-state index is 12.9. The molecule has 4 nitrogen and oxygen atoms in total. The van der Waals surface area contributed by atoms with Gasteiger partial charge in [-0.05, 0) is 42.7 Å². The SMILES string of the molecule is CCc1ccccc1NC1=C(Cl)C(=O)N(c2cccc(Cl)c2C)C1=O. The van der Waals surface area contributed by atoms with E-state index in [0.717, 1.165) is 22.6 Å². The number of para-hydroxylation sites is 1. The molecule has 1 aliphatic heterocycles. The molecule has 0 aromatic heterocycles. The number of carbonyl (C=O) groups excluding carboxylic acids is 2. The van der Waals surface area contributed by atoms with E-state index in [4.69, 9.17) is 23.2 Å². The molecule has 2 aromatic carbocycles. The molecule has 0 aliphatic carbocycles. The second kappa shape index (κ2) is 6.90. The summed E-state index contributed by atoms with van der Waals surface area (Å²) >= 11 is 12.3. The van der Waals surface area contributed by atoms with Crippen molar-refractivity contribution in [2.45, 2.75) is 20.3 Å². The number of hydrogen-bond donors (Lipinski definition) is 1. The normalized spacial score (nSPS) is 14.5. The average molecular weight is 375 g/mol. The zero-order valence-electron chi connectivity index (χ0n) is 13.8. The second-order valence-electron chi connectivity index (χ2n) is 5.65. The predicted octanol–water partition coefficient (Wildman–Crippen LogP) is 4.65. The summed E-state index contributed by atoms with van der Waals surface area (Å²) in [6.45, 7) is 3.77. The van der Waals surface area contributed by atoms with Gasteiger partial charge in [0.1, 0.15) is 10.7 Å². The molecule has 0 saturated heterocycles. The van der Waals surface area contributed by atoms with Gasteiger partial charge >= 0.3 is 0 Å². The summed E-state index contributed by atoms with van der Waals surface area (Å²) in [4.78, 5) is 26.5. The molecular weight excluding hydrogens is 359 g/mol. The molecule has 0 atom stereocenters. The monoisotopic (exact) mass is 374 g/mol. The molecule has 0 unspecified atom stereocenters. The smallest absolute Gasteiger partial charge is 0.283 e. The second-order valence-corrected chi connectivity index (χ2v) is 6.44. The van der Waals surface area contributed by atoms with Crippen LogP contribution in [0.1, 0.15) is 18.1 Å². The maximum Gasteiger partial charge on any atom is 0.283 e. The van der Waals surface area contributed by atoms with Crippen molar-refractivity contribution in [1.29, 1.82) is 0 Å². The van der Waals surface area contributed by atoms with E-state index >= 15 is 0 Å². The summed E-state index contributed by atoms with van der Waals surface area (Å²) in [5.74, 6) is -1.06. The van der Waals surface area contributed by atoms with E-state index in [1.54, 1.807) is 25.1 Å². The molecule has 6 heteroatoms. The Morgan fingerprint density at radius 2 is 1.72 bits per heavy atom. The highest BCUT2D eigenvalue weighted by atomic mass is 35.5. The van der Waals surface area contributed by atoms with E-state index in [0.29, 0.717) is 16.3 Å². The standard InChI is InChI=1S/C19H16Cl2N2O2/c1-3-12-7-4-5-9-14(12)22-17-16(21)18(24)23(19(17)25)15-10-6-8-13(20)11(15)2/h4-10,22H,3H2,1-2H3. The maximum absolute atomic E-state index is 12.9. The molecule has 1 N–H and O–H groups in total. The first-order chi connectivity index (χ1) is 12.0. The van der Waals surface area contributed by atoms with Crippen LogP contribution in [0.3, 0.4) is 0 Å². The van der Waals surface area contributed by atoms with Crippen LogP contribution in [0.5, 0.6) is 0 Å². The Hall–Kier alpha value is -2.30. The Balaban J connectivity index is 1.99. The molecule has 2 amide bonds. The van der Waals surface area contributed by atoms with Gasteiger partial charge in [0.15, 0.2) is 0 Å². The number of halogens is 2. The van der Waals surface area contributed by atoms with E-state index in [-0.39, 0.29) is 10.7 Å². The van der Waals surface area contributed by atoms with Crippen LogP contribution in [0.2, 0.25) is 5.02 Å². The van der Waals surface area contributed by atoms with Crippen molar-refractivity contribution in [3.63, 3.8) is 0 Å². The number of benzene rings is 2. The van der Waals surface area contributed by atoms with Gasteiger partial charge in [0.25, 0.3) is 11.8 Å². The van der Waals surface area contributed by atoms with Crippen LogP contribution in [-0.2, 0) is 16.0 Å². The molecule has 1 heterocycles. The molecule has 128 valence electrons. The van der Waals surface area contributed by atoms with Gasteiger partial charge in [-0.3, -0.25) is 9.59 Å². The Bertz CT molecular complexity index is 906. The van der Waals surface area contributed by atoms with Crippen molar-refractivity contribution in [1.82, 2.24) is 0 Å². The van der Waals surface area contributed by atoms with Crippen LogP contribution >= 0.6 is 23.2 Å². The van der Waals surface area contributed by atoms with Crippen molar-refractivity contribution in [3.8, 4) is 0 Å². The number of hydrogen-bond acceptors (Lipinski definition) is 3. The lowest BCUT2D eigenvalue weighted by molar-refractivity contribution is -0.120. The van der Waals surface area contributed by atoms with Crippen molar-refractivity contribution >= 4 is 46.4 Å². The van der Waals surface area contributed by atoms with E-state index in [1.165, 1.54) is 0 Å². The third kappa shape index (κ3) is 3.03. The fourth-order valence-corrected chi connectivity index (χ4v) is 3.14. The topological polar surface area (TPSA) is 49.4 Å². The highest BCUT2D eigenvalue weighted by Crippen LogP contribution is 2.34. The number of nitrogens with one attached hydrogen (secondary N) is 1. The number of anilines is 2. The predicted molar refractivity (Wildman–Crippen MR) is 101 cm³/mol. The van der Waals surface area contributed by atoms with Gasteiger partial charge in [-0.2, -0.15) is 0 Å². The van der Waals surface area contributed by atoms with Gasteiger partial charge < -0.3 is 5.32 Å². The van der Waals surface area contributed by atoms with Gasteiger partial charge in [-0.15, -0.1) is 0 Å². The van der Waals surface area contributed by atoms with Crippen LogP contribution in [0.4, 0.5) is 11.4 Å². The summed E-state index contributed by atoms with van der Waals surface area (Å²) in [7, 11) is 0. The van der Waals surface area contributed by atoms with Crippen LogP contribution in [0, 0.1) is 6.92 Å². The lowest BCUT2D eigenvalue weighted by Gasteiger charge is -2.18. The Kier molecular flexibility index (Phi) is 4.84. The molecule has 0 fully saturated rings. The Morgan fingerprint density at radius 1 is 1.00 bits per heavy atom. The van der Waals surface area contributed by atoms with Crippen molar-refractivity contribution in [2.24, 2.45) is 0 Å². The lowest BCUT2D eigenvalue weighted by atomic mass is 10.1. The summed E-state index contributed by atoms with van der Waals surface area (Å²) in [5.41, 5.74) is 2.93. The lowest BCUT2D eigenvalue weighted by Crippen LogP contribution is -2.33. The molecule has 0 spiro atoms. The van der Waals surface area contributed by atoms with Gasteiger partial charge in [-0.1, -0.05) is 54.4 Å². The van der Waals surface area contributed by atoms with Crippen molar-refractivity contribution in [3.05, 3.63) is 69.3 Å². The zero-order valence-corrected chi connectivity index (χ0v) is 15.3. The first-order valence-corrected chi connectivity index (χ1v) is 8.59. The van der Waals surface area contributed by atoms with Gasteiger partial charge in [0.2, 0.25) is 0 Å². The number of aryl methyl sites for hydroxylation is 1. The number of amides is 2. The van der Waals surface area contributed by atoms with E-state index in [9.17, 15) is 9.59 Å². The molecule has 1 aliphatic rings. The largest absolute Gasteiger partial charge is 0.349 e.